The van der Waals surface area contributed by atoms with Gasteiger partial charge in [-0.1, -0.05) is 6.07 Å². The Balaban J connectivity index is 2.23. The lowest BCUT2D eigenvalue weighted by Crippen LogP contribution is -1.88. The average Bonchev–Trinajstić information content (AvgIpc) is 2.68. The molecule has 1 aromatic heterocycles. The predicted molar refractivity (Wildman–Crippen MR) is 63.8 cm³/mol. The van der Waals surface area contributed by atoms with Crippen LogP contribution >= 0.6 is 0 Å². The Hall–Kier alpha value is -1.83. The Kier molecular flexibility index (Phi) is 1.96. The number of aryl methyl sites for hydroxylation is 1. The van der Waals surface area contributed by atoms with E-state index in [9.17, 15) is 0 Å². The van der Waals surface area contributed by atoms with E-state index < -0.39 is 0 Å². The lowest BCUT2D eigenvalue weighted by molar-refractivity contribution is 0.415. The molecular weight excluding hydrogens is 198 g/mol. The van der Waals surface area contributed by atoms with E-state index in [0.717, 1.165) is 17.9 Å². The van der Waals surface area contributed by atoms with E-state index in [0.29, 0.717) is 0 Å². The third-order valence-electron chi connectivity index (χ3n) is 3.23. The number of rotatable bonds is 1. The summed E-state index contributed by atoms with van der Waals surface area (Å²) in [6, 6.07) is 8.30. The van der Waals surface area contributed by atoms with Crippen LogP contribution in [0.5, 0.6) is 5.75 Å². The standard InChI is InChI=1S/C14H13NO/c1-9-5-6-15-14-12(9)7-10-3-4-11(16-2)8-13(10)14/h3-6,8H,7H2,1-2H3. The monoisotopic (exact) mass is 211 g/mol. The van der Waals surface area contributed by atoms with Crippen LogP contribution in [-0.4, -0.2) is 12.1 Å². The van der Waals surface area contributed by atoms with Gasteiger partial charge in [-0.25, -0.2) is 0 Å². The van der Waals surface area contributed by atoms with Crippen LogP contribution < -0.4 is 4.74 Å². The summed E-state index contributed by atoms with van der Waals surface area (Å²) in [5.74, 6) is 0.898. The van der Waals surface area contributed by atoms with E-state index in [1.165, 1.54) is 22.3 Å². The van der Waals surface area contributed by atoms with Crippen LogP contribution in [0, 0.1) is 6.92 Å². The number of hydrogen-bond acceptors (Lipinski definition) is 2. The molecule has 1 aromatic carbocycles. The third kappa shape index (κ3) is 1.23. The second kappa shape index (κ2) is 3.34. The highest BCUT2D eigenvalue weighted by Crippen LogP contribution is 2.38. The molecule has 2 heteroatoms. The van der Waals surface area contributed by atoms with Crippen molar-refractivity contribution in [1.82, 2.24) is 4.98 Å². The van der Waals surface area contributed by atoms with Gasteiger partial charge < -0.3 is 4.74 Å². The van der Waals surface area contributed by atoms with Crippen molar-refractivity contribution in [2.24, 2.45) is 0 Å². The van der Waals surface area contributed by atoms with Gasteiger partial charge in [0.1, 0.15) is 5.75 Å². The highest BCUT2D eigenvalue weighted by molar-refractivity contribution is 5.75. The summed E-state index contributed by atoms with van der Waals surface area (Å²) >= 11 is 0. The van der Waals surface area contributed by atoms with Gasteiger partial charge in [-0.3, -0.25) is 4.98 Å². The van der Waals surface area contributed by atoms with Crippen molar-refractivity contribution >= 4 is 0 Å². The van der Waals surface area contributed by atoms with Gasteiger partial charge in [-0.05, 0) is 41.8 Å². The fraction of sp³-hybridized carbons (Fsp3) is 0.214. The number of nitrogens with zero attached hydrogens (tertiary/aromatic N) is 1. The topological polar surface area (TPSA) is 22.1 Å². The van der Waals surface area contributed by atoms with Gasteiger partial charge in [-0.15, -0.1) is 0 Å². The lowest BCUT2D eigenvalue weighted by atomic mass is 10.1. The predicted octanol–water partition coefficient (Wildman–Crippen LogP) is 2.97. The maximum absolute atomic E-state index is 5.26. The SMILES string of the molecule is COc1ccc2c(c1)-c1nccc(C)c1C2. The van der Waals surface area contributed by atoms with Crippen molar-refractivity contribution in [3.8, 4) is 17.0 Å². The Labute approximate surface area is 94.9 Å². The minimum Gasteiger partial charge on any atom is -0.497 e. The van der Waals surface area contributed by atoms with Crippen LogP contribution in [0.1, 0.15) is 16.7 Å². The highest BCUT2D eigenvalue weighted by Gasteiger charge is 2.21. The van der Waals surface area contributed by atoms with Gasteiger partial charge in [0.2, 0.25) is 0 Å². The van der Waals surface area contributed by atoms with Crippen molar-refractivity contribution in [1.29, 1.82) is 0 Å². The molecular formula is C14H13NO. The van der Waals surface area contributed by atoms with Crippen LogP contribution in [-0.2, 0) is 6.42 Å². The van der Waals surface area contributed by atoms with Gasteiger partial charge >= 0.3 is 0 Å². The zero-order valence-electron chi connectivity index (χ0n) is 9.45. The average molecular weight is 211 g/mol. The molecule has 0 amide bonds. The van der Waals surface area contributed by atoms with Crippen molar-refractivity contribution in [3.05, 3.63) is 47.2 Å². The van der Waals surface area contributed by atoms with Gasteiger partial charge in [0.05, 0.1) is 12.8 Å². The van der Waals surface area contributed by atoms with Gasteiger partial charge in [0.25, 0.3) is 0 Å². The molecule has 1 aliphatic carbocycles. The number of fused-ring (bicyclic) bond motifs is 3. The number of aromatic nitrogens is 1. The first kappa shape index (κ1) is 9.40. The van der Waals surface area contributed by atoms with Gasteiger partial charge in [0, 0.05) is 18.2 Å². The first-order chi connectivity index (χ1) is 7.79. The Morgan fingerprint density at radius 1 is 1.25 bits per heavy atom. The zero-order chi connectivity index (χ0) is 11.1. The molecule has 0 aliphatic heterocycles. The second-order valence-electron chi connectivity index (χ2n) is 4.15. The number of hydrogen-bond donors (Lipinski definition) is 0. The first-order valence-corrected chi connectivity index (χ1v) is 5.41. The third-order valence-corrected chi connectivity index (χ3v) is 3.23. The molecule has 0 atom stereocenters. The molecule has 0 saturated carbocycles. The molecule has 0 spiro atoms. The van der Waals surface area contributed by atoms with E-state index in [-0.39, 0.29) is 0 Å². The molecule has 16 heavy (non-hydrogen) atoms. The normalized spacial score (nSPS) is 12.1. The van der Waals surface area contributed by atoms with Crippen LogP contribution in [0.3, 0.4) is 0 Å². The zero-order valence-corrected chi connectivity index (χ0v) is 9.45. The number of ether oxygens (including phenoxy) is 1. The van der Waals surface area contributed by atoms with Crippen LogP contribution in [0.2, 0.25) is 0 Å². The summed E-state index contributed by atoms with van der Waals surface area (Å²) in [7, 11) is 1.70. The first-order valence-electron chi connectivity index (χ1n) is 5.41. The largest absolute Gasteiger partial charge is 0.497 e. The fourth-order valence-electron chi connectivity index (χ4n) is 2.29. The highest BCUT2D eigenvalue weighted by atomic mass is 16.5. The molecule has 80 valence electrons. The molecule has 2 aromatic rings. The molecule has 0 fully saturated rings. The summed E-state index contributed by atoms with van der Waals surface area (Å²) in [5.41, 5.74) is 6.36. The molecule has 3 rings (SSSR count). The van der Waals surface area contributed by atoms with Crippen molar-refractivity contribution in [2.45, 2.75) is 13.3 Å². The van der Waals surface area contributed by atoms with E-state index in [1.54, 1.807) is 7.11 Å². The van der Waals surface area contributed by atoms with Gasteiger partial charge in [0.15, 0.2) is 0 Å². The van der Waals surface area contributed by atoms with E-state index in [4.69, 9.17) is 4.74 Å². The molecule has 2 nitrogen and oxygen atoms in total. The fourth-order valence-corrected chi connectivity index (χ4v) is 2.29. The van der Waals surface area contributed by atoms with E-state index in [2.05, 4.69) is 30.1 Å². The maximum atomic E-state index is 5.26. The smallest absolute Gasteiger partial charge is 0.119 e. The van der Waals surface area contributed by atoms with Crippen LogP contribution in [0.25, 0.3) is 11.3 Å². The van der Waals surface area contributed by atoms with Crippen LogP contribution in [0.15, 0.2) is 30.5 Å². The molecule has 0 bridgehead atoms. The molecule has 0 saturated heterocycles. The maximum Gasteiger partial charge on any atom is 0.119 e. The van der Waals surface area contributed by atoms with Crippen molar-refractivity contribution in [3.63, 3.8) is 0 Å². The summed E-state index contributed by atoms with van der Waals surface area (Å²) in [5, 5.41) is 0. The summed E-state index contributed by atoms with van der Waals surface area (Å²) in [6.07, 6.45) is 2.87. The molecule has 1 aliphatic rings. The lowest BCUT2D eigenvalue weighted by Gasteiger charge is -2.04. The van der Waals surface area contributed by atoms with E-state index in [1.807, 2.05) is 12.3 Å². The number of methoxy groups -OCH3 is 1. The molecule has 0 N–H and O–H groups in total. The Morgan fingerprint density at radius 2 is 2.12 bits per heavy atom. The molecule has 0 unspecified atom stereocenters. The van der Waals surface area contributed by atoms with Crippen LogP contribution in [0.4, 0.5) is 0 Å². The van der Waals surface area contributed by atoms with Gasteiger partial charge in [-0.2, -0.15) is 0 Å². The molecule has 0 radical (unpaired) electrons. The summed E-state index contributed by atoms with van der Waals surface area (Å²) in [6.45, 7) is 2.14. The minimum absolute atomic E-state index is 0.898. The van der Waals surface area contributed by atoms with Crippen molar-refractivity contribution in [2.75, 3.05) is 7.11 Å². The number of benzene rings is 1. The quantitative estimate of drug-likeness (QED) is 0.617. The number of pyridine rings is 1. The van der Waals surface area contributed by atoms with Crippen molar-refractivity contribution < 1.29 is 4.74 Å². The Morgan fingerprint density at radius 3 is 2.94 bits per heavy atom. The minimum atomic E-state index is 0.898. The second-order valence-corrected chi connectivity index (χ2v) is 4.15. The Bertz CT molecular complexity index is 561. The summed E-state index contributed by atoms with van der Waals surface area (Å²) in [4.78, 5) is 4.48. The molecule has 1 heterocycles. The summed E-state index contributed by atoms with van der Waals surface area (Å²) < 4.78 is 5.26. The van der Waals surface area contributed by atoms with E-state index >= 15 is 0 Å².